The van der Waals surface area contributed by atoms with Gasteiger partial charge in [0.15, 0.2) is 11.6 Å². The molecule has 2 aromatic heterocycles. The Bertz CT molecular complexity index is 1030. The van der Waals surface area contributed by atoms with Crippen molar-refractivity contribution in [2.45, 2.75) is 20.4 Å². The molecule has 27 heavy (non-hydrogen) atoms. The van der Waals surface area contributed by atoms with E-state index < -0.39 is 11.7 Å². The highest BCUT2D eigenvalue weighted by Crippen LogP contribution is 2.21. The minimum Gasteiger partial charge on any atom is -0.421 e. The van der Waals surface area contributed by atoms with Crippen molar-refractivity contribution in [2.24, 2.45) is 0 Å². The standard InChI is InChI=1S/C18H16FN5O3/c1-11-12(2)22-10-24(17(11)26)9-16(25)23-13-7-20-18(21-8-13)27-15-6-4-3-5-14(15)19/h3-8,10H,9H2,1-2H3,(H,23,25). The Balaban J connectivity index is 1.64. The zero-order valence-electron chi connectivity index (χ0n) is 14.6. The van der Waals surface area contributed by atoms with Crippen LogP contribution in [0.15, 0.2) is 47.8 Å². The maximum atomic E-state index is 13.5. The predicted molar refractivity (Wildman–Crippen MR) is 95.1 cm³/mol. The van der Waals surface area contributed by atoms with E-state index in [4.69, 9.17) is 4.74 Å². The van der Waals surface area contributed by atoms with E-state index in [9.17, 15) is 14.0 Å². The number of halogens is 1. The minimum atomic E-state index is -0.536. The topological polar surface area (TPSA) is 99.0 Å². The van der Waals surface area contributed by atoms with Crippen molar-refractivity contribution in [3.63, 3.8) is 0 Å². The Morgan fingerprint density at radius 1 is 1.19 bits per heavy atom. The molecule has 0 bridgehead atoms. The van der Waals surface area contributed by atoms with Crippen LogP contribution in [-0.4, -0.2) is 25.4 Å². The molecule has 1 N–H and O–H groups in total. The van der Waals surface area contributed by atoms with E-state index in [1.54, 1.807) is 19.9 Å². The number of hydrogen-bond acceptors (Lipinski definition) is 6. The average Bonchev–Trinajstić information content (AvgIpc) is 2.66. The number of benzene rings is 1. The maximum absolute atomic E-state index is 13.5. The molecule has 0 unspecified atom stereocenters. The molecule has 0 aliphatic heterocycles. The summed E-state index contributed by atoms with van der Waals surface area (Å²) in [5, 5.41) is 2.57. The molecule has 1 amide bonds. The second kappa shape index (κ2) is 7.73. The molecule has 0 atom stereocenters. The Morgan fingerprint density at radius 3 is 2.59 bits per heavy atom. The number of nitrogens with one attached hydrogen (secondary N) is 1. The Hall–Kier alpha value is -3.62. The highest BCUT2D eigenvalue weighted by Gasteiger charge is 2.10. The van der Waals surface area contributed by atoms with Gasteiger partial charge in [-0.1, -0.05) is 12.1 Å². The molecule has 0 spiro atoms. The number of nitrogens with zero attached hydrogens (tertiary/aromatic N) is 4. The van der Waals surface area contributed by atoms with Crippen LogP contribution in [0.25, 0.3) is 0 Å². The number of aromatic nitrogens is 4. The molecule has 3 rings (SSSR count). The number of amides is 1. The number of para-hydroxylation sites is 1. The predicted octanol–water partition coefficient (Wildman–Crippen LogP) is 2.22. The molecule has 0 aliphatic rings. The van der Waals surface area contributed by atoms with Crippen molar-refractivity contribution in [2.75, 3.05) is 5.32 Å². The zero-order chi connectivity index (χ0) is 19.4. The van der Waals surface area contributed by atoms with Crippen LogP contribution >= 0.6 is 0 Å². The summed E-state index contributed by atoms with van der Waals surface area (Å²) in [6.07, 6.45) is 3.97. The number of rotatable bonds is 5. The molecule has 8 nitrogen and oxygen atoms in total. The molecule has 0 saturated heterocycles. The first-order valence-corrected chi connectivity index (χ1v) is 8.01. The van der Waals surface area contributed by atoms with Crippen LogP contribution in [-0.2, 0) is 11.3 Å². The largest absolute Gasteiger partial charge is 0.421 e. The summed E-state index contributed by atoms with van der Waals surface area (Å²) < 4.78 is 20.0. The van der Waals surface area contributed by atoms with Crippen LogP contribution in [0.5, 0.6) is 11.8 Å². The van der Waals surface area contributed by atoms with Gasteiger partial charge in [0.2, 0.25) is 5.91 Å². The first-order chi connectivity index (χ1) is 12.9. The monoisotopic (exact) mass is 369 g/mol. The second-order valence-corrected chi connectivity index (χ2v) is 5.72. The number of aryl methyl sites for hydroxylation is 1. The number of ether oxygens (including phenoxy) is 1. The quantitative estimate of drug-likeness (QED) is 0.740. The zero-order valence-corrected chi connectivity index (χ0v) is 14.6. The Morgan fingerprint density at radius 2 is 1.89 bits per heavy atom. The molecular weight excluding hydrogens is 353 g/mol. The van der Waals surface area contributed by atoms with Gasteiger partial charge in [-0.3, -0.25) is 14.2 Å². The van der Waals surface area contributed by atoms with Gasteiger partial charge in [-0.25, -0.2) is 19.3 Å². The van der Waals surface area contributed by atoms with Crippen LogP contribution < -0.4 is 15.6 Å². The molecular formula is C18H16FN5O3. The maximum Gasteiger partial charge on any atom is 0.322 e. The molecule has 1 aromatic carbocycles. The van der Waals surface area contributed by atoms with Crippen LogP contribution in [0.2, 0.25) is 0 Å². The fourth-order valence-electron chi connectivity index (χ4n) is 2.20. The van der Waals surface area contributed by atoms with Crippen molar-refractivity contribution in [3.05, 3.63) is 70.4 Å². The normalized spacial score (nSPS) is 10.5. The van der Waals surface area contributed by atoms with E-state index in [2.05, 4.69) is 20.3 Å². The third kappa shape index (κ3) is 4.32. The fraction of sp³-hybridized carbons (Fsp3) is 0.167. The smallest absolute Gasteiger partial charge is 0.322 e. The van der Waals surface area contributed by atoms with Crippen molar-refractivity contribution >= 4 is 11.6 Å². The first kappa shape index (κ1) is 18.2. The molecule has 138 valence electrons. The van der Waals surface area contributed by atoms with Crippen LogP contribution in [0.3, 0.4) is 0 Å². The fourth-order valence-corrected chi connectivity index (χ4v) is 2.20. The van der Waals surface area contributed by atoms with Crippen molar-refractivity contribution in [3.8, 4) is 11.8 Å². The van der Waals surface area contributed by atoms with E-state index in [-0.39, 0.29) is 23.9 Å². The number of carbonyl (C=O) groups excluding carboxylic acids is 1. The summed E-state index contributed by atoms with van der Waals surface area (Å²) in [5.41, 5.74) is 1.15. The lowest BCUT2D eigenvalue weighted by atomic mass is 10.3. The van der Waals surface area contributed by atoms with Crippen molar-refractivity contribution < 1.29 is 13.9 Å². The average molecular weight is 369 g/mol. The van der Waals surface area contributed by atoms with Gasteiger partial charge in [0.1, 0.15) is 6.54 Å². The highest BCUT2D eigenvalue weighted by atomic mass is 19.1. The molecule has 3 aromatic rings. The SMILES string of the molecule is Cc1ncn(CC(=O)Nc2cnc(Oc3ccccc3F)nc2)c(=O)c1C. The highest BCUT2D eigenvalue weighted by molar-refractivity contribution is 5.90. The summed E-state index contributed by atoms with van der Waals surface area (Å²) >= 11 is 0. The number of hydrogen-bond donors (Lipinski definition) is 1. The molecule has 0 fully saturated rings. The molecule has 0 aliphatic carbocycles. The summed E-state index contributed by atoms with van der Waals surface area (Å²) in [7, 11) is 0. The van der Waals surface area contributed by atoms with E-state index in [1.165, 1.54) is 41.5 Å². The lowest BCUT2D eigenvalue weighted by Gasteiger charge is -2.09. The van der Waals surface area contributed by atoms with E-state index in [0.29, 0.717) is 16.9 Å². The first-order valence-electron chi connectivity index (χ1n) is 8.01. The van der Waals surface area contributed by atoms with Gasteiger partial charge in [-0.05, 0) is 26.0 Å². The van der Waals surface area contributed by atoms with Gasteiger partial charge in [0.25, 0.3) is 5.56 Å². The summed E-state index contributed by atoms with van der Waals surface area (Å²) in [5.74, 6) is -0.977. The van der Waals surface area contributed by atoms with Gasteiger partial charge >= 0.3 is 6.01 Å². The Labute approximate surface area is 153 Å². The minimum absolute atomic E-state index is 0.00379. The van der Waals surface area contributed by atoms with Crippen molar-refractivity contribution in [1.82, 2.24) is 19.5 Å². The lowest BCUT2D eigenvalue weighted by molar-refractivity contribution is -0.116. The van der Waals surface area contributed by atoms with Gasteiger partial charge < -0.3 is 10.1 Å². The summed E-state index contributed by atoms with van der Waals surface area (Å²) in [6, 6.07) is 5.80. The van der Waals surface area contributed by atoms with Gasteiger partial charge in [-0.15, -0.1) is 0 Å². The Kier molecular flexibility index (Phi) is 5.20. The molecule has 2 heterocycles. The van der Waals surface area contributed by atoms with E-state index >= 15 is 0 Å². The lowest BCUT2D eigenvalue weighted by Crippen LogP contribution is -2.29. The van der Waals surface area contributed by atoms with E-state index in [1.807, 2.05) is 0 Å². The third-order valence-electron chi connectivity index (χ3n) is 3.78. The van der Waals surface area contributed by atoms with E-state index in [0.717, 1.165) is 0 Å². The van der Waals surface area contributed by atoms with Crippen LogP contribution in [0.4, 0.5) is 10.1 Å². The number of anilines is 1. The van der Waals surface area contributed by atoms with Gasteiger partial charge in [0.05, 0.1) is 24.4 Å². The van der Waals surface area contributed by atoms with Crippen LogP contribution in [0.1, 0.15) is 11.3 Å². The number of carbonyl (C=O) groups is 1. The van der Waals surface area contributed by atoms with Gasteiger partial charge in [-0.2, -0.15) is 0 Å². The van der Waals surface area contributed by atoms with Crippen LogP contribution in [0, 0.1) is 19.7 Å². The third-order valence-corrected chi connectivity index (χ3v) is 3.78. The van der Waals surface area contributed by atoms with Crippen molar-refractivity contribution in [1.29, 1.82) is 0 Å². The molecule has 0 radical (unpaired) electrons. The second-order valence-electron chi connectivity index (χ2n) is 5.72. The molecule has 9 heteroatoms. The molecule has 0 saturated carbocycles. The summed E-state index contributed by atoms with van der Waals surface area (Å²) in [6.45, 7) is 3.19. The summed E-state index contributed by atoms with van der Waals surface area (Å²) in [4.78, 5) is 36.1. The van der Waals surface area contributed by atoms with Gasteiger partial charge in [0, 0.05) is 11.3 Å².